The normalized spacial score (nSPS) is 10.7. The van der Waals surface area contributed by atoms with Gasteiger partial charge in [0.1, 0.15) is 11.6 Å². The van der Waals surface area contributed by atoms with E-state index in [0.29, 0.717) is 35.8 Å². The molecule has 0 aliphatic heterocycles. The predicted octanol–water partition coefficient (Wildman–Crippen LogP) is 2.68. The molecule has 0 radical (unpaired) electrons. The molecule has 0 heterocycles. The van der Waals surface area contributed by atoms with Crippen LogP contribution in [0.25, 0.3) is 6.08 Å². The summed E-state index contributed by atoms with van der Waals surface area (Å²) in [5, 5.41) is 21.8. The van der Waals surface area contributed by atoms with Gasteiger partial charge in [-0.25, -0.2) is 0 Å². The van der Waals surface area contributed by atoms with E-state index < -0.39 is 5.91 Å². The van der Waals surface area contributed by atoms with Crippen molar-refractivity contribution in [2.75, 3.05) is 27.9 Å². The highest BCUT2D eigenvalue weighted by atomic mass is 16.5. The first-order valence-corrected chi connectivity index (χ1v) is 8.50. The number of hydrogen-bond donors (Lipinski definition) is 2. The van der Waals surface area contributed by atoms with Crippen molar-refractivity contribution in [3.05, 3.63) is 53.1 Å². The number of aromatic hydroxyl groups is 1. The van der Waals surface area contributed by atoms with Crippen LogP contribution in [-0.2, 0) is 11.2 Å². The van der Waals surface area contributed by atoms with E-state index in [-0.39, 0.29) is 11.3 Å². The Balaban J connectivity index is 2.01. The van der Waals surface area contributed by atoms with Crippen molar-refractivity contribution < 1.29 is 24.1 Å². The van der Waals surface area contributed by atoms with Crippen molar-refractivity contribution in [2.45, 2.75) is 6.42 Å². The maximum atomic E-state index is 12.3. The van der Waals surface area contributed by atoms with Crippen LogP contribution in [0.4, 0.5) is 0 Å². The lowest BCUT2D eigenvalue weighted by atomic mass is 10.1. The van der Waals surface area contributed by atoms with E-state index in [1.54, 1.807) is 32.4 Å². The third-order valence-corrected chi connectivity index (χ3v) is 4.03. The van der Waals surface area contributed by atoms with Crippen LogP contribution in [0, 0.1) is 11.3 Å². The van der Waals surface area contributed by atoms with Crippen LogP contribution in [0.15, 0.2) is 42.0 Å². The SMILES string of the molecule is COc1ccc(/C=C(/C#N)C(=O)NCCc2ccc(OC)c(OC)c2)cc1O. The zero-order valence-corrected chi connectivity index (χ0v) is 16.0. The molecule has 28 heavy (non-hydrogen) atoms. The van der Waals surface area contributed by atoms with Crippen molar-refractivity contribution >= 4 is 12.0 Å². The molecule has 1 amide bonds. The van der Waals surface area contributed by atoms with Crippen molar-refractivity contribution in [3.63, 3.8) is 0 Å². The van der Waals surface area contributed by atoms with Gasteiger partial charge in [-0.1, -0.05) is 12.1 Å². The number of methoxy groups -OCH3 is 3. The molecule has 0 unspecified atom stereocenters. The van der Waals surface area contributed by atoms with Crippen molar-refractivity contribution in [1.82, 2.24) is 5.32 Å². The van der Waals surface area contributed by atoms with E-state index in [9.17, 15) is 15.2 Å². The number of benzene rings is 2. The predicted molar refractivity (Wildman–Crippen MR) is 105 cm³/mol. The minimum atomic E-state index is -0.488. The second kappa shape index (κ2) is 9.88. The van der Waals surface area contributed by atoms with Gasteiger partial charge in [0.05, 0.1) is 21.3 Å². The zero-order valence-electron chi connectivity index (χ0n) is 16.0. The molecule has 0 aliphatic carbocycles. The summed E-state index contributed by atoms with van der Waals surface area (Å²) in [5.41, 5.74) is 1.42. The van der Waals surface area contributed by atoms with Crippen LogP contribution in [-0.4, -0.2) is 38.9 Å². The number of rotatable bonds is 8. The van der Waals surface area contributed by atoms with Crippen molar-refractivity contribution in [1.29, 1.82) is 5.26 Å². The number of amides is 1. The number of carbonyl (C=O) groups excluding carboxylic acids is 1. The second-order valence-electron chi connectivity index (χ2n) is 5.80. The summed E-state index contributed by atoms with van der Waals surface area (Å²) in [7, 11) is 4.57. The first-order valence-electron chi connectivity index (χ1n) is 8.50. The number of hydrogen-bond acceptors (Lipinski definition) is 6. The molecule has 0 saturated carbocycles. The Bertz CT molecular complexity index is 915. The molecule has 0 bridgehead atoms. The van der Waals surface area contributed by atoms with Crippen LogP contribution >= 0.6 is 0 Å². The van der Waals surface area contributed by atoms with Gasteiger partial charge in [0, 0.05) is 6.54 Å². The van der Waals surface area contributed by atoms with Gasteiger partial charge in [-0.15, -0.1) is 0 Å². The molecule has 2 N–H and O–H groups in total. The average molecular weight is 382 g/mol. The molecular formula is C21H22N2O5. The van der Waals surface area contributed by atoms with Gasteiger partial charge < -0.3 is 24.6 Å². The fourth-order valence-electron chi connectivity index (χ4n) is 2.56. The molecular weight excluding hydrogens is 360 g/mol. The lowest BCUT2D eigenvalue weighted by Crippen LogP contribution is -2.26. The summed E-state index contributed by atoms with van der Waals surface area (Å²) in [5.74, 6) is 1.01. The summed E-state index contributed by atoms with van der Waals surface area (Å²) in [6.07, 6.45) is 1.97. The largest absolute Gasteiger partial charge is 0.504 e. The highest BCUT2D eigenvalue weighted by Gasteiger charge is 2.10. The van der Waals surface area contributed by atoms with E-state index in [1.807, 2.05) is 18.2 Å². The van der Waals surface area contributed by atoms with Gasteiger partial charge in [-0.05, 0) is 47.9 Å². The molecule has 2 rings (SSSR count). The molecule has 0 aromatic heterocycles. The summed E-state index contributed by atoms with van der Waals surface area (Å²) >= 11 is 0. The Morgan fingerprint density at radius 2 is 1.75 bits per heavy atom. The summed E-state index contributed by atoms with van der Waals surface area (Å²) in [6, 6.07) is 12.0. The number of nitrogens with zero attached hydrogens (tertiary/aromatic N) is 1. The van der Waals surface area contributed by atoms with E-state index >= 15 is 0 Å². The number of phenolic OH excluding ortho intramolecular Hbond substituents is 1. The molecule has 0 spiro atoms. The number of carbonyl (C=O) groups is 1. The smallest absolute Gasteiger partial charge is 0.261 e. The summed E-state index contributed by atoms with van der Waals surface area (Å²) in [4.78, 5) is 12.3. The Labute approximate surface area is 163 Å². The minimum Gasteiger partial charge on any atom is -0.504 e. The Kier molecular flexibility index (Phi) is 7.28. The molecule has 0 fully saturated rings. The van der Waals surface area contributed by atoms with Gasteiger partial charge >= 0.3 is 0 Å². The first-order chi connectivity index (χ1) is 13.5. The topological polar surface area (TPSA) is 101 Å². The van der Waals surface area contributed by atoms with Gasteiger partial charge in [0.25, 0.3) is 5.91 Å². The number of nitriles is 1. The van der Waals surface area contributed by atoms with Gasteiger partial charge in [0.15, 0.2) is 23.0 Å². The highest BCUT2D eigenvalue weighted by molar-refractivity contribution is 6.01. The van der Waals surface area contributed by atoms with Crippen LogP contribution < -0.4 is 19.5 Å². The Hall–Kier alpha value is -3.66. The van der Waals surface area contributed by atoms with Crippen LogP contribution in [0.5, 0.6) is 23.0 Å². The quantitative estimate of drug-likeness (QED) is 0.538. The third-order valence-electron chi connectivity index (χ3n) is 4.03. The average Bonchev–Trinajstić information content (AvgIpc) is 2.71. The maximum Gasteiger partial charge on any atom is 0.261 e. The number of phenols is 1. The zero-order chi connectivity index (χ0) is 20.5. The standard InChI is InChI=1S/C21H22N2O5/c1-26-18-6-5-15(11-17(18)24)10-16(13-22)21(25)23-9-8-14-4-7-19(27-2)20(12-14)28-3/h4-7,10-12,24H,8-9H2,1-3H3,(H,23,25)/b16-10-. The molecule has 7 heteroatoms. The van der Waals surface area contributed by atoms with Crippen LogP contribution in [0.3, 0.4) is 0 Å². The van der Waals surface area contributed by atoms with Gasteiger partial charge in [-0.2, -0.15) is 5.26 Å². The van der Waals surface area contributed by atoms with E-state index in [1.165, 1.54) is 19.3 Å². The van der Waals surface area contributed by atoms with E-state index in [2.05, 4.69) is 5.32 Å². The Morgan fingerprint density at radius 3 is 2.36 bits per heavy atom. The van der Waals surface area contributed by atoms with E-state index in [4.69, 9.17) is 14.2 Å². The highest BCUT2D eigenvalue weighted by Crippen LogP contribution is 2.28. The third kappa shape index (κ3) is 5.17. The van der Waals surface area contributed by atoms with Gasteiger partial charge in [0.2, 0.25) is 0 Å². The van der Waals surface area contributed by atoms with Gasteiger partial charge in [-0.3, -0.25) is 4.79 Å². The van der Waals surface area contributed by atoms with Crippen LogP contribution in [0.2, 0.25) is 0 Å². The van der Waals surface area contributed by atoms with Crippen LogP contribution in [0.1, 0.15) is 11.1 Å². The minimum absolute atomic E-state index is 0.0584. The molecule has 2 aromatic carbocycles. The fraction of sp³-hybridized carbons (Fsp3) is 0.238. The maximum absolute atomic E-state index is 12.3. The first kappa shape index (κ1) is 20.6. The fourth-order valence-corrected chi connectivity index (χ4v) is 2.56. The molecule has 146 valence electrons. The van der Waals surface area contributed by atoms with E-state index in [0.717, 1.165) is 5.56 Å². The second-order valence-corrected chi connectivity index (χ2v) is 5.80. The monoisotopic (exact) mass is 382 g/mol. The number of nitrogens with one attached hydrogen (secondary N) is 1. The van der Waals surface area contributed by atoms with Crippen molar-refractivity contribution in [3.8, 4) is 29.1 Å². The number of ether oxygens (including phenoxy) is 3. The molecule has 2 aromatic rings. The lowest BCUT2D eigenvalue weighted by Gasteiger charge is -2.10. The molecule has 0 atom stereocenters. The molecule has 0 aliphatic rings. The Morgan fingerprint density at radius 1 is 1.07 bits per heavy atom. The summed E-state index contributed by atoms with van der Waals surface area (Å²) in [6.45, 7) is 0.348. The molecule has 0 saturated heterocycles. The van der Waals surface area contributed by atoms with Crippen molar-refractivity contribution in [2.24, 2.45) is 0 Å². The lowest BCUT2D eigenvalue weighted by molar-refractivity contribution is -0.117. The summed E-state index contributed by atoms with van der Waals surface area (Å²) < 4.78 is 15.4. The molecule has 7 nitrogen and oxygen atoms in total.